The van der Waals surface area contributed by atoms with Gasteiger partial charge in [-0.3, -0.25) is 0 Å². The van der Waals surface area contributed by atoms with Crippen molar-refractivity contribution in [3.05, 3.63) is 243 Å². The van der Waals surface area contributed by atoms with Gasteiger partial charge in [-0.15, -0.1) is 0 Å². The van der Waals surface area contributed by atoms with Crippen LogP contribution < -0.4 is 9.80 Å². The number of nitrogens with zero attached hydrogens (tertiary/aromatic N) is 2. The molecular weight excluding hydrogens is 749 g/mol. The van der Waals surface area contributed by atoms with Crippen LogP contribution >= 0.6 is 0 Å². The van der Waals surface area contributed by atoms with E-state index < -0.39 is 0 Å². The van der Waals surface area contributed by atoms with Gasteiger partial charge in [0.2, 0.25) is 0 Å². The van der Waals surface area contributed by atoms with Crippen LogP contribution in [0.1, 0.15) is 0 Å². The molecule has 0 unspecified atom stereocenters. The average molecular weight is 789 g/mol. The third-order valence-corrected chi connectivity index (χ3v) is 12.6. The Labute approximate surface area is 361 Å². The predicted octanol–water partition coefficient (Wildman–Crippen LogP) is 17.2. The van der Waals surface area contributed by atoms with E-state index in [-0.39, 0.29) is 0 Å². The topological polar surface area (TPSA) is 6.48 Å². The molecule has 0 N–H and O–H groups in total. The van der Waals surface area contributed by atoms with Gasteiger partial charge in [0.05, 0.1) is 11.4 Å². The van der Waals surface area contributed by atoms with Gasteiger partial charge in [0.15, 0.2) is 0 Å². The van der Waals surface area contributed by atoms with E-state index in [4.69, 9.17) is 0 Å². The zero-order chi connectivity index (χ0) is 41.0. The van der Waals surface area contributed by atoms with Crippen molar-refractivity contribution in [2.45, 2.75) is 0 Å². The van der Waals surface area contributed by atoms with Crippen LogP contribution in [0.5, 0.6) is 0 Å². The summed E-state index contributed by atoms with van der Waals surface area (Å²) in [5, 5.41) is 12.6. The van der Waals surface area contributed by atoms with Crippen molar-refractivity contribution in [2.24, 2.45) is 0 Å². The van der Waals surface area contributed by atoms with Crippen LogP contribution in [0.15, 0.2) is 243 Å². The molecule has 62 heavy (non-hydrogen) atoms. The summed E-state index contributed by atoms with van der Waals surface area (Å²) >= 11 is 0. The highest BCUT2D eigenvalue weighted by molar-refractivity contribution is 6.28. The van der Waals surface area contributed by atoms with Crippen LogP contribution in [0.3, 0.4) is 0 Å². The molecule has 0 atom stereocenters. The third-order valence-electron chi connectivity index (χ3n) is 12.6. The Balaban J connectivity index is 0.947. The van der Waals surface area contributed by atoms with Gasteiger partial charge in [-0.25, -0.2) is 0 Å². The van der Waals surface area contributed by atoms with Gasteiger partial charge >= 0.3 is 0 Å². The van der Waals surface area contributed by atoms with Crippen LogP contribution in [-0.2, 0) is 0 Å². The lowest BCUT2D eigenvalue weighted by atomic mass is 9.86. The van der Waals surface area contributed by atoms with Gasteiger partial charge in [-0.2, -0.15) is 0 Å². The molecule has 0 heterocycles. The van der Waals surface area contributed by atoms with Gasteiger partial charge in [0.25, 0.3) is 0 Å². The molecule has 0 fully saturated rings. The molecule has 0 aliphatic rings. The summed E-state index contributed by atoms with van der Waals surface area (Å²) in [6.45, 7) is 0. The molecule has 0 radical (unpaired) electrons. The van der Waals surface area contributed by atoms with Crippen molar-refractivity contribution < 1.29 is 0 Å². The predicted molar refractivity (Wildman–Crippen MR) is 265 cm³/mol. The molecule has 0 aliphatic heterocycles. The minimum absolute atomic E-state index is 1.12. The molecule has 0 saturated heterocycles. The lowest BCUT2D eigenvalue weighted by Crippen LogP contribution is -2.10. The number of hydrogen-bond donors (Lipinski definition) is 0. The van der Waals surface area contributed by atoms with E-state index in [1.807, 2.05) is 0 Å². The van der Waals surface area contributed by atoms with E-state index in [0.29, 0.717) is 0 Å². The van der Waals surface area contributed by atoms with E-state index in [9.17, 15) is 0 Å². The first-order valence-corrected chi connectivity index (χ1v) is 21.3. The second-order valence-electron chi connectivity index (χ2n) is 16.1. The average Bonchev–Trinajstić information content (AvgIpc) is 3.34. The number of anilines is 6. The van der Waals surface area contributed by atoms with Crippen molar-refractivity contribution in [2.75, 3.05) is 9.80 Å². The molecule has 0 bridgehead atoms. The lowest BCUT2D eigenvalue weighted by molar-refractivity contribution is 1.30. The van der Waals surface area contributed by atoms with Crippen molar-refractivity contribution in [3.8, 4) is 22.3 Å². The summed E-state index contributed by atoms with van der Waals surface area (Å²) in [7, 11) is 0. The number of para-hydroxylation sites is 2. The zero-order valence-corrected chi connectivity index (χ0v) is 34.0. The minimum atomic E-state index is 1.12. The number of fused-ring (bicyclic) bond motifs is 2. The summed E-state index contributed by atoms with van der Waals surface area (Å²) in [4.78, 5) is 4.74. The number of rotatable bonds is 8. The highest BCUT2D eigenvalue weighted by atomic mass is 15.1. The Morgan fingerprint density at radius 1 is 0.226 bits per heavy atom. The maximum Gasteiger partial charge on any atom is 0.0540 e. The molecule has 2 nitrogen and oxygen atoms in total. The SMILES string of the molecule is c1ccc(N(c2ccc(-c3cc4ccc(-c5ccc(N(c6ccccc6)c6cccc7ccccc67)cc5)c5ccc6cccc3c6c45)cc2)c2cccc3ccccc23)cc1. The first-order chi connectivity index (χ1) is 30.8. The second-order valence-corrected chi connectivity index (χ2v) is 16.1. The molecule has 2 heteroatoms. The second kappa shape index (κ2) is 14.8. The Hall–Kier alpha value is -8.20. The molecule has 12 aromatic carbocycles. The smallest absolute Gasteiger partial charge is 0.0540 e. The van der Waals surface area contributed by atoms with E-state index in [1.165, 1.54) is 76.1 Å². The van der Waals surface area contributed by atoms with Crippen LogP contribution in [0.25, 0.3) is 76.1 Å². The summed E-state index contributed by atoms with van der Waals surface area (Å²) < 4.78 is 0. The van der Waals surface area contributed by atoms with E-state index in [0.717, 1.165) is 34.1 Å². The molecule has 290 valence electrons. The van der Waals surface area contributed by atoms with Gasteiger partial charge in [0.1, 0.15) is 0 Å². The molecule has 12 aromatic rings. The Morgan fingerprint density at radius 2 is 0.629 bits per heavy atom. The summed E-state index contributed by atoms with van der Waals surface area (Å²) in [5.74, 6) is 0. The fraction of sp³-hybridized carbons (Fsp3) is 0. The maximum atomic E-state index is 2.40. The van der Waals surface area contributed by atoms with Crippen LogP contribution in [0, 0.1) is 0 Å². The van der Waals surface area contributed by atoms with Crippen LogP contribution in [0.2, 0.25) is 0 Å². The largest absolute Gasteiger partial charge is 0.310 e. The first-order valence-electron chi connectivity index (χ1n) is 21.3. The van der Waals surface area contributed by atoms with E-state index in [1.54, 1.807) is 0 Å². The molecule has 0 saturated carbocycles. The number of benzene rings is 12. The maximum absolute atomic E-state index is 2.40. The highest BCUT2D eigenvalue weighted by Gasteiger charge is 2.20. The first kappa shape index (κ1) is 35.7. The molecule has 12 rings (SSSR count). The molecule has 0 aromatic heterocycles. The van der Waals surface area contributed by atoms with Crippen molar-refractivity contribution in [1.82, 2.24) is 0 Å². The van der Waals surface area contributed by atoms with Gasteiger partial charge in [-0.05, 0) is 132 Å². The summed E-state index contributed by atoms with van der Waals surface area (Å²) in [6.07, 6.45) is 0. The molecule has 0 amide bonds. The number of hydrogen-bond acceptors (Lipinski definition) is 2. The Bertz CT molecular complexity index is 3540. The van der Waals surface area contributed by atoms with Crippen LogP contribution in [0.4, 0.5) is 34.1 Å². The van der Waals surface area contributed by atoms with Crippen LogP contribution in [-0.4, -0.2) is 0 Å². The molecule has 0 spiro atoms. The zero-order valence-electron chi connectivity index (χ0n) is 34.0. The highest BCUT2D eigenvalue weighted by Crippen LogP contribution is 2.46. The molecule has 0 aliphatic carbocycles. The van der Waals surface area contributed by atoms with Crippen molar-refractivity contribution in [1.29, 1.82) is 0 Å². The summed E-state index contributed by atoms with van der Waals surface area (Å²) in [6, 6.07) is 88.4. The Morgan fingerprint density at radius 3 is 1.21 bits per heavy atom. The van der Waals surface area contributed by atoms with Gasteiger partial charge < -0.3 is 9.80 Å². The quantitative estimate of drug-likeness (QED) is 0.142. The standard InChI is InChI=1S/C60H40N2/c1-3-19-47(20-4-1)61(57-26-12-16-41-14-7-9-23-52(41)57)49-34-28-43(29-35-49)51-38-33-46-40-56(54-25-11-18-45-32-39-55(51)60(46)59(45)54)44-30-36-50(37-31-44)62(48-21-5-2-6-22-48)58-27-13-17-42-15-8-10-24-53(42)58/h1-40H. The van der Waals surface area contributed by atoms with Crippen molar-refractivity contribution >= 4 is 88.0 Å². The van der Waals surface area contributed by atoms with E-state index in [2.05, 4.69) is 252 Å². The minimum Gasteiger partial charge on any atom is -0.310 e. The van der Waals surface area contributed by atoms with Gasteiger partial charge in [0, 0.05) is 33.5 Å². The fourth-order valence-electron chi connectivity index (χ4n) is 9.71. The van der Waals surface area contributed by atoms with Crippen molar-refractivity contribution in [3.63, 3.8) is 0 Å². The lowest BCUT2D eigenvalue weighted by Gasteiger charge is -2.27. The molecular formula is C60H40N2. The Kier molecular flexibility index (Phi) is 8.53. The summed E-state index contributed by atoms with van der Waals surface area (Å²) in [5.41, 5.74) is 11.7. The van der Waals surface area contributed by atoms with Gasteiger partial charge in [-0.1, -0.05) is 176 Å². The normalized spacial score (nSPS) is 11.5. The fourth-order valence-corrected chi connectivity index (χ4v) is 9.71. The third kappa shape index (κ3) is 5.96. The monoisotopic (exact) mass is 788 g/mol. The van der Waals surface area contributed by atoms with E-state index >= 15 is 0 Å².